The first-order chi connectivity index (χ1) is 15.5. The number of rotatable bonds is 8. The Morgan fingerprint density at radius 1 is 1.16 bits per heavy atom. The molecule has 0 N–H and O–H groups in total. The van der Waals surface area contributed by atoms with Gasteiger partial charge >= 0.3 is 5.97 Å². The second-order valence-corrected chi connectivity index (χ2v) is 6.84. The fraction of sp³-hybridized carbons (Fsp3) is 0.364. The van der Waals surface area contributed by atoms with Crippen LogP contribution in [0.4, 0.5) is 5.69 Å². The third-order valence-electron chi connectivity index (χ3n) is 4.87. The van der Waals surface area contributed by atoms with Crippen molar-refractivity contribution in [2.45, 2.75) is 13.0 Å². The van der Waals surface area contributed by atoms with E-state index in [-0.39, 0.29) is 23.7 Å². The van der Waals surface area contributed by atoms with E-state index < -0.39 is 28.6 Å². The first kappa shape index (κ1) is 23.0. The maximum absolute atomic E-state index is 13.2. The van der Waals surface area contributed by atoms with Gasteiger partial charge in [-0.05, 0) is 6.92 Å². The highest BCUT2D eigenvalue weighted by Gasteiger charge is 2.33. The van der Waals surface area contributed by atoms with Crippen LogP contribution in [0, 0.1) is 10.1 Å². The van der Waals surface area contributed by atoms with Gasteiger partial charge in [-0.15, -0.1) is 0 Å². The molecule has 10 nitrogen and oxygen atoms in total. The van der Waals surface area contributed by atoms with E-state index in [1.807, 2.05) is 0 Å². The number of nitrogens with zero attached hydrogens (tertiary/aromatic N) is 2. The zero-order valence-electron chi connectivity index (χ0n) is 17.8. The van der Waals surface area contributed by atoms with Crippen molar-refractivity contribution in [3.63, 3.8) is 0 Å². The van der Waals surface area contributed by atoms with Crippen LogP contribution in [0.25, 0.3) is 0 Å². The van der Waals surface area contributed by atoms with Crippen molar-refractivity contribution in [2.24, 2.45) is 0 Å². The van der Waals surface area contributed by atoms with Crippen molar-refractivity contribution in [2.75, 3.05) is 40.0 Å². The van der Waals surface area contributed by atoms with Crippen LogP contribution in [0.5, 0.6) is 11.5 Å². The number of methoxy groups -OCH3 is 1. The number of carbonyl (C=O) groups excluding carboxylic acids is 2. The first-order valence-corrected chi connectivity index (χ1v) is 10.1. The van der Waals surface area contributed by atoms with E-state index in [0.717, 1.165) is 6.07 Å². The second-order valence-electron chi connectivity index (χ2n) is 6.84. The number of amides is 1. The number of hydrogen-bond donors (Lipinski definition) is 0. The molecule has 0 spiro atoms. The highest BCUT2D eigenvalue weighted by molar-refractivity contribution is 5.97. The highest BCUT2D eigenvalue weighted by atomic mass is 16.6. The Hall–Kier alpha value is -3.66. The normalized spacial score (nSPS) is 14.4. The van der Waals surface area contributed by atoms with Crippen LogP contribution in [0.15, 0.2) is 42.5 Å². The van der Waals surface area contributed by atoms with Crippen molar-refractivity contribution in [3.05, 3.63) is 63.7 Å². The zero-order valence-corrected chi connectivity index (χ0v) is 17.8. The average molecular weight is 444 g/mol. The van der Waals surface area contributed by atoms with Crippen LogP contribution in [0.1, 0.15) is 28.9 Å². The number of ether oxygens (including phenoxy) is 4. The number of esters is 1. The molecule has 1 amide bonds. The Morgan fingerprint density at radius 3 is 2.44 bits per heavy atom. The molecule has 2 aromatic carbocycles. The van der Waals surface area contributed by atoms with Gasteiger partial charge in [0.1, 0.15) is 5.56 Å². The van der Waals surface area contributed by atoms with Crippen molar-refractivity contribution in [3.8, 4) is 11.5 Å². The fourth-order valence-corrected chi connectivity index (χ4v) is 3.30. The smallest absolute Gasteiger partial charge is 0.346 e. The molecule has 32 heavy (non-hydrogen) atoms. The molecule has 1 aliphatic heterocycles. The predicted molar refractivity (Wildman–Crippen MR) is 113 cm³/mol. The van der Waals surface area contributed by atoms with Crippen molar-refractivity contribution >= 4 is 17.6 Å². The monoisotopic (exact) mass is 444 g/mol. The van der Waals surface area contributed by atoms with E-state index >= 15 is 0 Å². The van der Waals surface area contributed by atoms with Crippen LogP contribution in [-0.2, 0) is 14.3 Å². The Balaban J connectivity index is 1.96. The minimum absolute atomic E-state index is 0.127. The lowest BCUT2D eigenvalue weighted by atomic mass is 10.1. The van der Waals surface area contributed by atoms with Gasteiger partial charge < -0.3 is 23.8 Å². The predicted octanol–water partition coefficient (Wildman–Crippen LogP) is 2.76. The molecule has 0 aromatic heterocycles. The third kappa shape index (κ3) is 5.14. The Labute approximate surface area is 184 Å². The summed E-state index contributed by atoms with van der Waals surface area (Å²) in [4.78, 5) is 38.7. The minimum atomic E-state index is -1.26. The third-order valence-corrected chi connectivity index (χ3v) is 4.87. The van der Waals surface area contributed by atoms with Gasteiger partial charge in [-0.3, -0.25) is 14.9 Å². The van der Waals surface area contributed by atoms with Crippen LogP contribution >= 0.6 is 0 Å². The average Bonchev–Trinajstić information content (AvgIpc) is 2.83. The summed E-state index contributed by atoms with van der Waals surface area (Å²) in [6.45, 7) is 3.44. The van der Waals surface area contributed by atoms with Gasteiger partial charge in [-0.1, -0.05) is 30.3 Å². The molecule has 1 atom stereocenters. The largest absolute Gasteiger partial charge is 0.493 e. The lowest BCUT2D eigenvalue weighted by molar-refractivity contribution is -0.385. The van der Waals surface area contributed by atoms with Crippen molar-refractivity contribution in [1.29, 1.82) is 0 Å². The lowest BCUT2D eigenvalue weighted by Gasteiger charge is -2.30. The van der Waals surface area contributed by atoms with E-state index in [1.165, 1.54) is 13.2 Å². The molecule has 0 aliphatic carbocycles. The van der Waals surface area contributed by atoms with Gasteiger partial charge in [0.05, 0.1) is 37.9 Å². The standard InChI is InChI=1S/C22H24N2O8/c1-3-31-19-14-17(24(27)28)16(13-18(19)29-2)22(26)32-20(15-7-5-4-6-8-15)21(25)23-9-11-30-12-10-23/h4-8,13-14,20H,3,9-12H2,1-2H3. The summed E-state index contributed by atoms with van der Waals surface area (Å²) >= 11 is 0. The number of carbonyl (C=O) groups is 2. The molecule has 170 valence electrons. The summed E-state index contributed by atoms with van der Waals surface area (Å²) in [6, 6.07) is 10.8. The van der Waals surface area contributed by atoms with Crippen LogP contribution in [0.2, 0.25) is 0 Å². The molecule has 10 heteroatoms. The molecule has 0 bridgehead atoms. The summed E-state index contributed by atoms with van der Waals surface area (Å²) in [5.74, 6) is -1.18. The molecule has 1 fully saturated rings. The van der Waals surface area contributed by atoms with Crippen LogP contribution in [0.3, 0.4) is 0 Å². The van der Waals surface area contributed by atoms with Gasteiger partial charge in [0.2, 0.25) is 6.10 Å². The summed E-state index contributed by atoms with van der Waals surface area (Å²) in [6.07, 6.45) is -1.26. The lowest BCUT2D eigenvalue weighted by Crippen LogP contribution is -2.44. The van der Waals surface area contributed by atoms with E-state index in [0.29, 0.717) is 31.9 Å². The maximum atomic E-state index is 13.2. The fourth-order valence-electron chi connectivity index (χ4n) is 3.30. The van der Waals surface area contributed by atoms with Gasteiger partial charge in [0.15, 0.2) is 11.5 Å². The topological polar surface area (TPSA) is 117 Å². The van der Waals surface area contributed by atoms with E-state index in [1.54, 1.807) is 42.2 Å². The van der Waals surface area contributed by atoms with Crippen LogP contribution in [-0.4, -0.2) is 61.7 Å². The first-order valence-electron chi connectivity index (χ1n) is 10.1. The Bertz CT molecular complexity index is 973. The summed E-state index contributed by atoms with van der Waals surface area (Å²) in [7, 11) is 1.35. The summed E-state index contributed by atoms with van der Waals surface area (Å²) in [5.41, 5.74) is -0.395. The molecule has 0 saturated carbocycles. The Morgan fingerprint density at radius 2 is 1.84 bits per heavy atom. The van der Waals surface area contributed by atoms with E-state index in [4.69, 9.17) is 18.9 Å². The number of morpholine rings is 1. The SMILES string of the molecule is CCOc1cc([N+](=O)[O-])c(C(=O)OC(C(=O)N2CCOCC2)c2ccccc2)cc1OC. The quantitative estimate of drug-likeness (QED) is 0.347. The zero-order chi connectivity index (χ0) is 23.1. The molecular formula is C22H24N2O8. The number of nitro groups is 1. The van der Waals surface area contributed by atoms with E-state index in [2.05, 4.69) is 0 Å². The van der Waals surface area contributed by atoms with Crippen molar-refractivity contribution < 1.29 is 33.5 Å². The van der Waals surface area contributed by atoms with E-state index in [9.17, 15) is 19.7 Å². The minimum Gasteiger partial charge on any atom is -0.493 e. The number of nitro benzene ring substituents is 1. The van der Waals surface area contributed by atoms with Gasteiger partial charge in [0, 0.05) is 24.7 Å². The van der Waals surface area contributed by atoms with Gasteiger partial charge in [-0.25, -0.2) is 4.79 Å². The maximum Gasteiger partial charge on any atom is 0.346 e. The Kier molecular flexibility index (Phi) is 7.61. The number of hydrogen-bond acceptors (Lipinski definition) is 8. The molecule has 1 heterocycles. The van der Waals surface area contributed by atoms with Gasteiger partial charge in [0.25, 0.3) is 11.6 Å². The molecule has 1 unspecified atom stereocenters. The number of benzene rings is 2. The highest BCUT2D eigenvalue weighted by Crippen LogP contribution is 2.36. The van der Waals surface area contributed by atoms with Crippen LogP contribution < -0.4 is 9.47 Å². The molecule has 3 rings (SSSR count). The molecular weight excluding hydrogens is 420 g/mol. The second kappa shape index (κ2) is 10.6. The molecule has 2 aromatic rings. The summed E-state index contributed by atoms with van der Waals surface area (Å²) < 4.78 is 21.4. The summed E-state index contributed by atoms with van der Waals surface area (Å²) in [5, 5.41) is 11.6. The molecule has 1 aliphatic rings. The molecule has 0 radical (unpaired) electrons. The van der Waals surface area contributed by atoms with Crippen molar-refractivity contribution in [1.82, 2.24) is 4.90 Å². The van der Waals surface area contributed by atoms with Gasteiger partial charge in [-0.2, -0.15) is 0 Å². The molecule has 1 saturated heterocycles.